The maximum absolute atomic E-state index is 12.3. The molecule has 0 unspecified atom stereocenters. The number of hydrogen-bond acceptors (Lipinski definition) is 7. The van der Waals surface area contributed by atoms with Crippen LogP contribution in [-0.2, 0) is 15.3 Å². The number of benzene rings is 1. The van der Waals surface area contributed by atoms with E-state index in [1.807, 2.05) is 30.3 Å². The van der Waals surface area contributed by atoms with Crippen LogP contribution in [0, 0.1) is 6.92 Å². The normalized spacial score (nSPS) is 11.9. The first-order chi connectivity index (χ1) is 13.5. The van der Waals surface area contributed by atoms with E-state index in [4.69, 9.17) is 13.6 Å². The first kappa shape index (κ1) is 19.8. The zero-order chi connectivity index (χ0) is 20.1. The van der Waals surface area contributed by atoms with Gasteiger partial charge in [-0.15, -0.1) is 11.8 Å². The van der Waals surface area contributed by atoms with Gasteiger partial charge in [0.1, 0.15) is 17.3 Å². The van der Waals surface area contributed by atoms with Crippen molar-refractivity contribution in [1.29, 1.82) is 0 Å². The van der Waals surface area contributed by atoms with Gasteiger partial charge in [0, 0.05) is 11.0 Å². The van der Waals surface area contributed by atoms with Gasteiger partial charge in [-0.3, -0.25) is 9.59 Å². The number of carbonyl (C=O) groups excluding carboxylic acids is 1. The Labute approximate surface area is 166 Å². The van der Waals surface area contributed by atoms with Gasteiger partial charge in [0.2, 0.25) is 11.2 Å². The summed E-state index contributed by atoms with van der Waals surface area (Å²) in [5.74, 6) is 0.0313. The second-order valence-electron chi connectivity index (χ2n) is 6.17. The molecule has 6 nitrogen and oxygen atoms in total. The molecule has 2 aromatic heterocycles. The molecule has 1 atom stereocenters. The van der Waals surface area contributed by atoms with Crippen LogP contribution in [0.5, 0.6) is 5.75 Å². The van der Waals surface area contributed by atoms with Crippen molar-refractivity contribution < 1.29 is 23.5 Å². The summed E-state index contributed by atoms with van der Waals surface area (Å²) in [7, 11) is 1.27. The lowest BCUT2D eigenvalue weighted by Gasteiger charge is -2.15. The maximum atomic E-state index is 12.3. The average molecular weight is 400 g/mol. The Kier molecular flexibility index (Phi) is 6.26. The van der Waals surface area contributed by atoms with Crippen molar-refractivity contribution in [2.45, 2.75) is 29.9 Å². The fourth-order valence-electron chi connectivity index (χ4n) is 2.75. The SMILES string of the molecule is COC(=O)C[C@@H](c1ccc(C)o1)c1oc(CSc2ccccc2)cc(=O)c1O. The molecule has 7 heteroatoms. The first-order valence-electron chi connectivity index (χ1n) is 8.64. The molecule has 28 heavy (non-hydrogen) atoms. The number of ether oxygens (including phenoxy) is 1. The molecule has 0 radical (unpaired) electrons. The Morgan fingerprint density at radius 1 is 1.18 bits per heavy atom. The van der Waals surface area contributed by atoms with Gasteiger partial charge in [-0.2, -0.15) is 0 Å². The van der Waals surface area contributed by atoms with E-state index >= 15 is 0 Å². The van der Waals surface area contributed by atoms with Gasteiger partial charge in [0.05, 0.1) is 25.2 Å². The van der Waals surface area contributed by atoms with E-state index in [9.17, 15) is 14.7 Å². The van der Waals surface area contributed by atoms with Crippen molar-refractivity contribution in [3.8, 4) is 5.75 Å². The van der Waals surface area contributed by atoms with Crippen LogP contribution in [0.3, 0.4) is 0 Å². The van der Waals surface area contributed by atoms with E-state index in [1.54, 1.807) is 19.1 Å². The van der Waals surface area contributed by atoms with E-state index in [0.29, 0.717) is 23.0 Å². The summed E-state index contributed by atoms with van der Waals surface area (Å²) in [6.07, 6.45) is -0.130. The third kappa shape index (κ3) is 4.67. The molecule has 0 saturated heterocycles. The van der Waals surface area contributed by atoms with E-state index < -0.39 is 23.1 Å². The summed E-state index contributed by atoms with van der Waals surface area (Å²) in [6.45, 7) is 1.77. The molecular weight excluding hydrogens is 380 g/mol. The standard InChI is InChI=1S/C21H20O6S/c1-13-8-9-18(26-13)16(11-19(23)25-2)21-20(24)17(22)10-14(27-21)12-28-15-6-4-3-5-7-15/h3-10,16,24H,11-12H2,1-2H3/t16-/m0/s1. The van der Waals surface area contributed by atoms with Crippen LogP contribution < -0.4 is 5.43 Å². The third-order valence-corrected chi connectivity index (χ3v) is 5.18. The number of esters is 1. The molecule has 0 spiro atoms. The lowest BCUT2D eigenvalue weighted by Crippen LogP contribution is -2.13. The number of aryl methyl sites for hydroxylation is 1. The van der Waals surface area contributed by atoms with E-state index in [1.165, 1.54) is 24.9 Å². The molecule has 0 aliphatic carbocycles. The Hall–Kier alpha value is -2.93. The minimum absolute atomic E-state index is 0.00379. The smallest absolute Gasteiger partial charge is 0.306 e. The Bertz CT molecular complexity index is 1010. The lowest BCUT2D eigenvalue weighted by atomic mass is 9.98. The highest BCUT2D eigenvalue weighted by Crippen LogP contribution is 2.35. The molecule has 0 saturated carbocycles. The van der Waals surface area contributed by atoms with Crippen LogP contribution in [0.1, 0.15) is 35.4 Å². The van der Waals surface area contributed by atoms with Gasteiger partial charge in [-0.05, 0) is 31.2 Å². The zero-order valence-electron chi connectivity index (χ0n) is 15.5. The third-order valence-electron chi connectivity index (χ3n) is 4.14. The maximum Gasteiger partial charge on any atom is 0.306 e. The molecule has 1 aromatic carbocycles. The Morgan fingerprint density at radius 3 is 2.57 bits per heavy atom. The summed E-state index contributed by atoms with van der Waals surface area (Å²) in [5.41, 5.74) is -0.567. The molecule has 3 rings (SSSR count). The molecule has 1 N–H and O–H groups in total. The van der Waals surface area contributed by atoms with Crippen molar-refractivity contribution in [3.63, 3.8) is 0 Å². The summed E-state index contributed by atoms with van der Waals surface area (Å²) in [5, 5.41) is 10.3. The van der Waals surface area contributed by atoms with Gasteiger partial charge in [-0.1, -0.05) is 18.2 Å². The van der Waals surface area contributed by atoms with Crippen LogP contribution in [0.15, 0.2) is 67.1 Å². The first-order valence-corrected chi connectivity index (χ1v) is 9.63. The number of furan rings is 1. The van der Waals surface area contributed by atoms with E-state index in [-0.39, 0.29) is 12.2 Å². The fourth-order valence-corrected chi connectivity index (χ4v) is 3.55. The molecule has 146 valence electrons. The van der Waals surface area contributed by atoms with Crippen molar-refractivity contribution in [1.82, 2.24) is 0 Å². The van der Waals surface area contributed by atoms with Crippen LogP contribution in [0.25, 0.3) is 0 Å². The fraction of sp³-hybridized carbons (Fsp3) is 0.238. The van der Waals surface area contributed by atoms with E-state index in [2.05, 4.69) is 0 Å². The van der Waals surface area contributed by atoms with Crippen molar-refractivity contribution in [2.75, 3.05) is 7.11 Å². The number of rotatable bonds is 7. The van der Waals surface area contributed by atoms with Crippen LogP contribution >= 0.6 is 11.8 Å². The number of methoxy groups -OCH3 is 1. The Morgan fingerprint density at radius 2 is 1.93 bits per heavy atom. The topological polar surface area (TPSA) is 89.9 Å². The monoisotopic (exact) mass is 400 g/mol. The average Bonchev–Trinajstić information content (AvgIpc) is 3.13. The predicted molar refractivity (Wildman–Crippen MR) is 105 cm³/mol. The van der Waals surface area contributed by atoms with Crippen molar-refractivity contribution in [3.05, 3.63) is 81.8 Å². The molecule has 0 fully saturated rings. The molecule has 2 heterocycles. The van der Waals surface area contributed by atoms with Crippen LogP contribution in [0.4, 0.5) is 0 Å². The highest BCUT2D eigenvalue weighted by atomic mass is 32.2. The zero-order valence-corrected chi connectivity index (χ0v) is 16.3. The summed E-state index contributed by atoms with van der Waals surface area (Å²) < 4.78 is 16.2. The number of thioether (sulfide) groups is 1. The van der Waals surface area contributed by atoms with Gasteiger partial charge in [0.25, 0.3) is 0 Å². The predicted octanol–water partition coefficient (Wildman–Crippen LogP) is 4.23. The molecule has 0 amide bonds. The van der Waals surface area contributed by atoms with Gasteiger partial charge in [0.15, 0.2) is 5.76 Å². The number of hydrogen-bond donors (Lipinski definition) is 1. The van der Waals surface area contributed by atoms with Gasteiger partial charge in [-0.25, -0.2) is 0 Å². The lowest BCUT2D eigenvalue weighted by molar-refractivity contribution is -0.141. The van der Waals surface area contributed by atoms with E-state index in [0.717, 1.165) is 4.90 Å². The van der Waals surface area contributed by atoms with Crippen molar-refractivity contribution in [2.24, 2.45) is 0 Å². The quantitative estimate of drug-likeness (QED) is 0.469. The molecular formula is C21H20O6S. The molecule has 0 aliphatic heterocycles. The second-order valence-corrected chi connectivity index (χ2v) is 7.22. The van der Waals surface area contributed by atoms with Gasteiger partial charge < -0.3 is 18.7 Å². The van der Waals surface area contributed by atoms with Crippen LogP contribution in [0.2, 0.25) is 0 Å². The van der Waals surface area contributed by atoms with Crippen LogP contribution in [-0.4, -0.2) is 18.2 Å². The molecule has 0 aliphatic rings. The van der Waals surface area contributed by atoms with Crippen molar-refractivity contribution >= 4 is 17.7 Å². The Balaban J connectivity index is 1.95. The largest absolute Gasteiger partial charge is 0.502 e. The second kappa shape index (κ2) is 8.84. The molecule has 0 bridgehead atoms. The summed E-state index contributed by atoms with van der Waals surface area (Å²) in [6, 6.07) is 14.4. The minimum Gasteiger partial charge on any atom is -0.502 e. The highest BCUT2D eigenvalue weighted by Gasteiger charge is 2.29. The number of aromatic hydroxyl groups is 1. The highest BCUT2D eigenvalue weighted by molar-refractivity contribution is 7.98. The summed E-state index contributed by atoms with van der Waals surface area (Å²) in [4.78, 5) is 25.2. The minimum atomic E-state index is -0.768. The molecule has 3 aromatic rings. The summed E-state index contributed by atoms with van der Waals surface area (Å²) >= 11 is 1.50. The number of carbonyl (C=O) groups is 1. The van der Waals surface area contributed by atoms with Gasteiger partial charge >= 0.3 is 5.97 Å².